The van der Waals surface area contributed by atoms with Gasteiger partial charge in [-0.05, 0) is 139 Å². The van der Waals surface area contributed by atoms with Crippen molar-refractivity contribution in [3.63, 3.8) is 0 Å². The van der Waals surface area contributed by atoms with Crippen LogP contribution in [-0.4, -0.2) is 17.2 Å². The highest BCUT2D eigenvalue weighted by Gasteiger charge is 2.19. The predicted octanol–water partition coefficient (Wildman–Crippen LogP) is 17.0. The molecule has 0 atom stereocenters. The van der Waals surface area contributed by atoms with Crippen molar-refractivity contribution in [1.29, 1.82) is 0 Å². The molecule has 0 saturated heterocycles. The minimum Gasteiger partial charge on any atom is -0.456 e. The first-order valence-corrected chi connectivity index (χ1v) is 24.7. The lowest BCUT2D eigenvalue weighted by molar-refractivity contribution is 0.425. The molecule has 2 aromatic heterocycles. The summed E-state index contributed by atoms with van der Waals surface area (Å²) in [5, 5.41) is 23.1. The van der Waals surface area contributed by atoms with Crippen molar-refractivity contribution in [3.8, 4) is 55.6 Å². The highest BCUT2D eigenvalue weighted by Crippen LogP contribution is 2.39. The van der Waals surface area contributed by atoms with Crippen LogP contribution in [0.1, 0.15) is 0 Å². The molecular formula is C60H40BBr2IO4. The molecule has 2 heterocycles. The number of halogens is 3. The molecule has 0 saturated carbocycles. The molecule has 68 heavy (non-hydrogen) atoms. The van der Waals surface area contributed by atoms with E-state index in [1.807, 2.05) is 54.6 Å². The second-order valence-corrected chi connectivity index (χ2v) is 19.3. The zero-order valence-electron chi connectivity index (χ0n) is 36.4. The monoisotopic (exact) mass is 1120 g/mol. The first kappa shape index (κ1) is 45.3. The van der Waals surface area contributed by atoms with E-state index < -0.39 is 7.12 Å². The summed E-state index contributed by atoms with van der Waals surface area (Å²) in [5.41, 5.74) is 15.3. The summed E-state index contributed by atoms with van der Waals surface area (Å²) in [6.45, 7) is 0. The Bertz CT molecular complexity index is 3670. The van der Waals surface area contributed by atoms with E-state index in [4.69, 9.17) is 8.83 Å². The van der Waals surface area contributed by atoms with E-state index in [1.54, 1.807) is 12.1 Å². The molecule has 12 aromatic rings. The molecule has 0 spiro atoms. The maximum atomic E-state index is 9.48. The SMILES string of the molecule is Brc1cccc(-c2cccc(-c3cccc4c3oc3ccc(-c5ccccc5)cc34)c2)c1.Brc1cccc(-c2cccc(I)c2)c1.OB(O)c1cccc2c1oc1ccc(-c3ccccc3)cc12. The van der Waals surface area contributed by atoms with Crippen LogP contribution in [0.5, 0.6) is 0 Å². The Hall–Kier alpha value is -6.53. The molecule has 0 unspecified atom stereocenters. The molecule has 2 N–H and O–H groups in total. The number of benzene rings is 10. The summed E-state index contributed by atoms with van der Waals surface area (Å²) >= 11 is 9.39. The molecule has 0 radical (unpaired) electrons. The number of furan rings is 2. The first-order valence-electron chi connectivity index (χ1n) is 22.0. The highest BCUT2D eigenvalue weighted by atomic mass is 127. The van der Waals surface area contributed by atoms with Gasteiger partial charge >= 0.3 is 7.12 Å². The van der Waals surface area contributed by atoms with Crippen LogP contribution in [0.4, 0.5) is 0 Å². The summed E-state index contributed by atoms with van der Waals surface area (Å²) in [7, 11) is -1.54. The molecule has 0 aliphatic heterocycles. The highest BCUT2D eigenvalue weighted by molar-refractivity contribution is 14.1. The zero-order chi connectivity index (χ0) is 46.6. The number of fused-ring (bicyclic) bond motifs is 6. The van der Waals surface area contributed by atoms with Crippen molar-refractivity contribution in [2.45, 2.75) is 0 Å². The van der Waals surface area contributed by atoms with Crippen molar-refractivity contribution >= 4 is 111 Å². The van der Waals surface area contributed by atoms with Gasteiger partial charge in [-0.2, -0.15) is 0 Å². The van der Waals surface area contributed by atoms with Crippen molar-refractivity contribution < 1.29 is 18.9 Å². The van der Waals surface area contributed by atoms with Crippen LogP contribution in [-0.2, 0) is 0 Å². The van der Waals surface area contributed by atoms with Crippen LogP contribution < -0.4 is 5.46 Å². The third-order valence-electron chi connectivity index (χ3n) is 11.8. The van der Waals surface area contributed by atoms with Gasteiger partial charge in [0.2, 0.25) is 0 Å². The standard InChI is InChI=1S/C30H19BrO.C18H13BO3.C12H8BrI/c31-25-12-5-10-22(18-25)21-9-4-11-24(17-21)26-13-6-14-27-28-19-23(20-7-2-1-3-8-20)15-16-29(28)32-30(26)27;20-19(21)16-8-4-7-14-15-11-13(12-5-2-1-3-6-12)9-10-17(15)22-18(14)16;13-11-5-1-3-9(7-11)10-4-2-6-12(14)8-10/h1-19H;1-11,20-21H;1-8H. The van der Waals surface area contributed by atoms with Crippen molar-refractivity contribution in [2.75, 3.05) is 0 Å². The Balaban J connectivity index is 0.000000129. The Labute approximate surface area is 425 Å². The van der Waals surface area contributed by atoms with Gasteiger partial charge in [0.05, 0.1) is 0 Å². The van der Waals surface area contributed by atoms with Crippen molar-refractivity contribution in [2.24, 2.45) is 0 Å². The maximum absolute atomic E-state index is 9.48. The van der Waals surface area contributed by atoms with Crippen molar-refractivity contribution in [1.82, 2.24) is 0 Å². The van der Waals surface area contributed by atoms with E-state index in [-0.39, 0.29) is 0 Å². The Morgan fingerprint density at radius 1 is 0.338 bits per heavy atom. The fourth-order valence-electron chi connectivity index (χ4n) is 8.54. The van der Waals surface area contributed by atoms with E-state index in [0.29, 0.717) is 11.0 Å². The average Bonchev–Trinajstić information content (AvgIpc) is 3.95. The molecule has 10 aromatic carbocycles. The minimum absolute atomic E-state index is 0.384. The summed E-state index contributed by atoms with van der Waals surface area (Å²) < 4.78 is 15.7. The lowest BCUT2D eigenvalue weighted by atomic mass is 9.79. The lowest BCUT2D eigenvalue weighted by Gasteiger charge is -2.07. The largest absolute Gasteiger partial charge is 0.492 e. The van der Waals surface area contributed by atoms with E-state index in [0.717, 1.165) is 69.5 Å². The van der Waals surface area contributed by atoms with Gasteiger partial charge in [-0.3, -0.25) is 0 Å². The second kappa shape index (κ2) is 20.4. The minimum atomic E-state index is -1.54. The van der Waals surface area contributed by atoms with Crippen molar-refractivity contribution in [3.05, 3.63) is 243 Å². The topological polar surface area (TPSA) is 66.7 Å². The quantitative estimate of drug-likeness (QED) is 0.129. The van der Waals surface area contributed by atoms with E-state index in [9.17, 15) is 10.0 Å². The Morgan fingerprint density at radius 3 is 1.31 bits per heavy atom. The van der Waals surface area contributed by atoms with Crippen LogP contribution in [0.2, 0.25) is 0 Å². The average molecular weight is 1120 g/mol. The van der Waals surface area contributed by atoms with Crippen LogP contribution in [0.15, 0.2) is 248 Å². The fraction of sp³-hybridized carbons (Fsp3) is 0. The van der Waals surface area contributed by atoms with Gasteiger partial charge in [0.1, 0.15) is 22.3 Å². The van der Waals surface area contributed by atoms with Gasteiger partial charge in [0.15, 0.2) is 0 Å². The lowest BCUT2D eigenvalue weighted by Crippen LogP contribution is -2.29. The molecule has 12 rings (SSSR count). The summed E-state index contributed by atoms with van der Waals surface area (Å²) in [4.78, 5) is 0. The van der Waals surface area contributed by atoms with Gasteiger partial charge in [-0.15, -0.1) is 0 Å². The normalized spacial score (nSPS) is 11.0. The fourth-order valence-corrected chi connectivity index (χ4v) is 9.88. The van der Waals surface area contributed by atoms with Gasteiger partial charge < -0.3 is 18.9 Å². The molecular weight excluding hydrogens is 1080 g/mol. The number of rotatable bonds is 6. The Kier molecular flexibility index (Phi) is 13.6. The van der Waals surface area contributed by atoms with E-state index in [2.05, 4.69) is 218 Å². The second-order valence-electron chi connectivity index (χ2n) is 16.2. The zero-order valence-corrected chi connectivity index (χ0v) is 41.7. The van der Waals surface area contributed by atoms with Crippen LogP contribution >= 0.6 is 54.5 Å². The van der Waals surface area contributed by atoms with Gasteiger partial charge in [-0.1, -0.05) is 196 Å². The summed E-state index contributed by atoms with van der Waals surface area (Å²) in [6.07, 6.45) is 0. The first-order chi connectivity index (χ1) is 33.3. The van der Waals surface area contributed by atoms with E-state index in [1.165, 1.54) is 37.0 Å². The Morgan fingerprint density at radius 2 is 0.765 bits per heavy atom. The molecule has 8 heteroatoms. The molecule has 4 nitrogen and oxygen atoms in total. The molecule has 0 aliphatic carbocycles. The molecule has 0 fully saturated rings. The van der Waals surface area contributed by atoms with Gasteiger partial charge in [0, 0.05) is 45.1 Å². The number of hydrogen-bond acceptors (Lipinski definition) is 4. The summed E-state index contributed by atoms with van der Waals surface area (Å²) in [5.74, 6) is 0. The molecule has 0 amide bonds. The number of hydrogen-bond donors (Lipinski definition) is 2. The van der Waals surface area contributed by atoms with Gasteiger partial charge in [0.25, 0.3) is 0 Å². The third-order valence-corrected chi connectivity index (χ3v) is 13.5. The van der Waals surface area contributed by atoms with Crippen LogP contribution in [0.3, 0.4) is 0 Å². The van der Waals surface area contributed by atoms with E-state index >= 15 is 0 Å². The number of para-hydroxylation sites is 2. The third kappa shape index (κ3) is 9.88. The maximum Gasteiger partial charge on any atom is 0.492 e. The predicted molar refractivity (Wildman–Crippen MR) is 299 cm³/mol. The van der Waals surface area contributed by atoms with Crippen LogP contribution in [0, 0.1) is 3.57 Å². The van der Waals surface area contributed by atoms with Gasteiger partial charge in [-0.25, -0.2) is 0 Å². The molecule has 328 valence electrons. The summed E-state index contributed by atoms with van der Waals surface area (Å²) in [6, 6.07) is 78.7. The molecule has 0 bridgehead atoms. The molecule has 0 aliphatic rings. The smallest absolute Gasteiger partial charge is 0.456 e. The van der Waals surface area contributed by atoms with Crippen LogP contribution in [0.25, 0.3) is 99.5 Å².